The fourth-order valence-corrected chi connectivity index (χ4v) is 5.95. The van der Waals surface area contributed by atoms with Gasteiger partial charge in [-0.25, -0.2) is 4.99 Å². The fraction of sp³-hybridized carbons (Fsp3) is 0.0645. The Morgan fingerprint density at radius 1 is 0.688 bits per heavy atom. The third-order valence-corrected chi connectivity index (χ3v) is 7.40. The molecule has 0 unspecified atom stereocenters. The first kappa shape index (κ1) is 16.7. The van der Waals surface area contributed by atoms with Crippen LogP contribution in [0.2, 0.25) is 0 Å². The molecule has 0 amide bonds. The summed E-state index contributed by atoms with van der Waals surface area (Å²) >= 11 is 0. The van der Waals surface area contributed by atoms with Gasteiger partial charge in [-0.05, 0) is 104 Å². The minimum Gasteiger partial charge on any atom is -0.248 e. The van der Waals surface area contributed by atoms with E-state index in [0.29, 0.717) is 0 Å². The fourth-order valence-electron chi connectivity index (χ4n) is 5.95. The predicted octanol–water partition coefficient (Wildman–Crippen LogP) is 6.31. The SMILES string of the molecule is C1=Cc2c(c3cc4c(cc3c3ccccc23)C=c2cc3c(cc2-4)=c2ccccc2=N3)CC1. The van der Waals surface area contributed by atoms with Gasteiger partial charge >= 0.3 is 0 Å². The number of rotatable bonds is 0. The second kappa shape index (κ2) is 5.83. The van der Waals surface area contributed by atoms with Gasteiger partial charge in [-0.15, -0.1) is 0 Å². The summed E-state index contributed by atoms with van der Waals surface area (Å²) in [6.07, 6.45) is 9.22. The number of aryl methyl sites for hydroxylation is 1. The number of para-hydroxylation sites is 1. The van der Waals surface area contributed by atoms with E-state index in [2.05, 4.69) is 91.0 Å². The van der Waals surface area contributed by atoms with Crippen LogP contribution >= 0.6 is 0 Å². The second-order valence-electron chi connectivity index (χ2n) is 9.09. The monoisotopic (exact) mass is 405 g/mol. The van der Waals surface area contributed by atoms with Crippen LogP contribution in [0, 0.1) is 10.4 Å². The number of hydrogen-bond acceptors (Lipinski definition) is 1. The average molecular weight is 406 g/mol. The summed E-state index contributed by atoms with van der Waals surface area (Å²) < 4.78 is 0. The largest absolute Gasteiger partial charge is 0.248 e. The van der Waals surface area contributed by atoms with Crippen molar-refractivity contribution in [3.8, 4) is 11.1 Å². The molecule has 3 aliphatic rings. The molecule has 32 heavy (non-hydrogen) atoms. The second-order valence-corrected chi connectivity index (χ2v) is 9.09. The van der Waals surface area contributed by atoms with Crippen molar-refractivity contribution in [1.82, 2.24) is 0 Å². The van der Waals surface area contributed by atoms with Crippen molar-refractivity contribution in [3.63, 3.8) is 0 Å². The van der Waals surface area contributed by atoms with Gasteiger partial charge in [0.25, 0.3) is 0 Å². The van der Waals surface area contributed by atoms with Gasteiger partial charge < -0.3 is 0 Å². The lowest BCUT2D eigenvalue weighted by molar-refractivity contribution is 1.00. The van der Waals surface area contributed by atoms with Crippen LogP contribution in [-0.4, -0.2) is 0 Å². The first-order valence-corrected chi connectivity index (χ1v) is 11.4. The Labute approximate surface area is 185 Å². The zero-order chi connectivity index (χ0) is 20.8. The summed E-state index contributed by atoms with van der Waals surface area (Å²) in [5.41, 5.74) is 8.00. The Kier molecular flexibility index (Phi) is 3.04. The van der Waals surface area contributed by atoms with Gasteiger partial charge in [-0.2, -0.15) is 0 Å². The number of benzene rings is 5. The van der Waals surface area contributed by atoms with Crippen molar-refractivity contribution in [1.29, 1.82) is 0 Å². The van der Waals surface area contributed by atoms with Gasteiger partial charge in [0, 0.05) is 10.4 Å². The first-order valence-electron chi connectivity index (χ1n) is 11.4. The maximum atomic E-state index is 4.88. The van der Waals surface area contributed by atoms with Crippen LogP contribution in [0.3, 0.4) is 0 Å². The van der Waals surface area contributed by atoms with E-state index in [-0.39, 0.29) is 0 Å². The maximum absolute atomic E-state index is 4.88. The molecule has 0 radical (unpaired) electrons. The molecule has 0 atom stereocenters. The Bertz CT molecular complexity index is 1920. The molecule has 0 aromatic heterocycles. The van der Waals surface area contributed by atoms with Crippen LogP contribution in [0.1, 0.15) is 23.1 Å². The highest BCUT2D eigenvalue weighted by molar-refractivity contribution is 6.15. The van der Waals surface area contributed by atoms with E-state index in [1.54, 1.807) is 0 Å². The highest BCUT2D eigenvalue weighted by Crippen LogP contribution is 2.41. The highest BCUT2D eigenvalue weighted by Gasteiger charge is 2.20. The van der Waals surface area contributed by atoms with Crippen molar-refractivity contribution >= 4 is 39.4 Å². The molecule has 5 aromatic rings. The molecular weight excluding hydrogens is 386 g/mol. The predicted molar refractivity (Wildman–Crippen MR) is 132 cm³/mol. The molecule has 0 saturated carbocycles. The molecule has 0 saturated heterocycles. The van der Waals surface area contributed by atoms with E-state index in [4.69, 9.17) is 4.99 Å². The molecule has 1 aliphatic heterocycles. The summed E-state index contributed by atoms with van der Waals surface area (Å²) in [4.78, 5) is 4.88. The number of nitrogens with zero attached hydrogens (tertiary/aromatic N) is 1. The third-order valence-electron chi connectivity index (χ3n) is 7.40. The van der Waals surface area contributed by atoms with Gasteiger partial charge in [-0.1, -0.05) is 54.6 Å². The molecule has 0 N–H and O–H groups in total. The van der Waals surface area contributed by atoms with Crippen molar-refractivity contribution in [3.05, 3.63) is 117 Å². The summed E-state index contributed by atoms with van der Waals surface area (Å²) in [5.74, 6) is 0. The first-order chi connectivity index (χ1) is 15.8. The summed E-state index contributed by atoms with van der Waals surface area (Å²) in [5, 5.41) is 10.4. The minimum absolute atomic E-state index is 1.08. The molecule has 1 heteroatoms. The zero-order valence-electron chi connectivity index (χ0n) is 17.5. The Morgan fingerprint density at radius 2 is 1.56 bits per heavy atom. The third kappa shape index (κ3) is 2.06. The van der Waals surface area contributed by atoms with Gasteiger partial charge in [0.2, 0.25) is 0 Å². The molecule has 1 nitrogen and oxygen atoms in total. The van der Waals surface area contributed by atoms with Gasteiger partial charge in [0.15, 0.2) is 0 Å². The van der Waals surface area contributed by atoms with Crippen LogP contribution in [0.4, 0.5) is 5.69 Å². The smallest absolute Gasteiger partial charge is 0.0722 e. The van der Waals surface area contributed by atoms with Crippen LogP contribution in [0.5, 0.6) is 0 Å². The van der Waals surface area contributed by atoms with Gasteiger partial charge in [0.1, 0.15) is 0 Å². The van der Waals surface area contributed by atoms with Crippen LogP contribution in [0.15, 0.2) is 83.9 Å². The summed E-state index contributed by atoms with van der Waals surface area (Å²) in [6.45, 7) is 0. The molecule has 8 rings (SSSR count). The Balaban J connectivity index is 1.50. The van der Waals surface area contributed by atoms with E-state index in [1.807, 2.05) is 0 Å². The van der Waals surface area contributed by atoms with E-state index in [0.717, 1.165) is 23.9 Å². The molecule has 2 aliphatic carbocycles. The maximum Gasteiger partial charge on any atom is 0.0722 e. The lowest BCUT2D eigenvalue weighted by atomic mass is 9.85. The highest BCUT2D eigenvalue weighted by atomic mass is 14.7. The molecular formula is C31H19N. The normalized spacial score (nSPS) is 14.4. The molecule has 148 valence electrons. The molecule has 0 bridgehead atoms. The van der Waals surface area contributed by atoms with Crippen molar-refractivity contribution in [2.75, 3.05) is 0 Å². The molecule has 1 heterocycles. The average Bonchev–Trinajstić information content (AvgIpc) is 3.38. The molecule has 0 spiro atoms. The van der Waals surface area contributed by atoms with Crippen LogP contribution < -0.4 is 10.6 Å². The van der Waals surface area contributed by atoms with E-state index < -0.39 is 0 Å². The number of hydrogen-bond donors (Lipinski definition) is 0. The van der Waals surface area contributed by atoms with Gasteiger partial charge in [-0.3, -0.25) is 0 Å². The lowest BCUT2D eigenvalue weighted by Crippen LogP contribution is -2.00. The van der Waals surface area contributed by atoms with Crippen LogP contribution in [-0.2, 0) is 6.42 Å². The summed E-state index contributed by atoms with van der Waals surface area (Å²) in [6, 6.07) is 26.9. The van der Waals surface area contributed by atoms with Crippen LogP contribution in [0.25, 0.3) is 44.8 Å². The van der Waals surface area contributed by atoms with E-state index in [9.17, 15) is 0 Å². The number of allylic oxidation sites excluding steroid dienone is 1. The van der Waals surface area contributed by atoms with Gasteiger partial charge in [0.05, 0.1) is 11.0 Å². The molecule has 0 fully saturated rings. The standard InChI is InChI=1S/C31H19N/c1-3-9-22-20(7-1)21-8-2-4-10-23(21)28-16-25-18(14-27(22)28)13-19-15-31-29(17-26(19)25)24-11-5-6-12-30(24)32-31/h1-3,5-9,11-17H,4,10H2. The quantitative estimate of drug-likeness (QED) is 0.262. The van der Waals surface area contributed by atoms with Crippen molar-refractivity contribution < 1.29 is 0 Å². The minimum atomic E-state index is 1.08. The zero-order valence-corrected chi connectivity index (χ0v) is 17.5. The molecule has 5 aromatic carbocycles. The Hall–Kier alpha value is -3.97. The van der Waals surface area contributed by atoms with E-state index >= 15 is 0 Å². The van der Waals surface area contributed by atoms with Crippen molar-refractivity contribution in [2.45, 2.75) is 12.8 Å². The summed E-state index contributed by atoms with van der Waals surface area (Å²) in [7, 11) is 0. The van der Waals surface area contributed by atoms with E-state index in [1.165, 1.54) is 65.0 Å². The van der Waals surface area contributed by atoms with Crippen molar-refractivity contribution in [2.24, 2.45) is 4.99 Å². The topological polar surface area (TPSA) is 12.4 Å². The Morgan fingerprint density at radius 3 is 2.53 bits per heavy atom. The number of fused-ring (bicyclic) bond motifs is 11. The lowest BCUT2D eigenvalue weighted by Gasteiger charge is -2.19.